The molecule has 0 heterocycles. The maximum absolute atomic E-state index is 11.4. The Bertz CT molecular complexity index is 338. The van der Waals surface area contributed by atoms with Crippen molar-refractivity contribution >= 4 is 5.78 Å². The van der Waals surface area contributed by atoms with E-state index in [1.54, 1.807) is 0 Å². The van der Waals surface area contributed by atoms with Crippen LogP contribution < -0.4 is 4.74 Å². The Balaban J connectivity index is 2.45. The van der Waals surface area contributed by atoms with Crippen LogP contribution in [-0.4, -0.2) is 12.4 Å². The second-order valence-corrected chi connectivity index (χ2v) is 3.58. The van der Waals surface area contributed by atoms with Crippen LogP contribution in [0.1, 0.15) is 36.5 Å². The average Bonchev–Trinajstić information content (AvgIpc) is 2.34. The van der Waals surface area contributed by atoms with Gasteiger partial charge in [-0.05, 0) is 37.1 Å². The first-order valence-corrected chi connectivity index (χ1v) is 5.65. The summed E-state index contributed by atoms with van der Waals surface area (Å²) in [4.78, 5) is 11.4. The van der Waals surface area contributed by atoms with E-state index in [0.717, 1.165) is 24.2 Å². The van der Waals surface area contributed by atoms with Gasteiger partial charge in [-0.3, -0.25) is 4.79 Å². The summed E-state index contributed by atoms with van der Waals surface area (Å²) in [5, 5.41) is 0. The van der Waals surface area contributed by atoms with Gasteiger partial charge in [0.05, 0.1) is 6.61 Å². The molecule has 2 nitrogen and oxygen atoms in total. The molecule has 0 saturated carbocycles. The second kappa shape index (κ2) is 6.83. The molecule has 0 aliphatic rings. The fourth-order valence-electron chi connectivity index (χ4n) is 1.36. The second-order valence-electron chi connectivity index (χ2n) is 3.58. The molecule has 0 radical (unpaired) electrons. The molecular formula is C14H18O2. The van der Waals surface area contributed by atoms with Gasteiger partial charge in [0.2, 0.25) is 0 Å². The van der Waals surface area contributed by atoms with Crippen molar-refractivity contribution in [1.29, 1.82) is 0 Å². The monoisotopic (exact) mass is 218 g/mol. The lowest BCUT2D eigenvalue weighted by molar-refractivity contribution is 0.0988. The summed E-state index contributed by atoms with van der Waals surface area (Å²) in [6, 6.07) is 7.32. The number of hydrogen-bond donors (Lipinski definition) is 0. The number of carbonyl (C=O) groups is 1. The summed E-state index contributed by atoms with van der Waals surface area (Å²) < 4.78 is 5.52. The molecule has 0 fully saturated rings. The van der Waals surface area contributed by atoms with Crippen LogP contribution in [0.5, 0.6) is 5.75 Å². The van der Waals surface area contributed by atoms with E-state index in [-0.39, 0.29) is 5.78 Å². The molecule has 1 aromatic carbocycles. The van der Waals surface area contributed by atoms with Gasteiger partial charge in [-0.1, -0.05) is 13.0 Å². The maximum atomic E-state index is 11.4. The summed E-state index contributed by atoms with van der Waals surface area (Å²) in [7, 11) is 0. The third kappa shape index (κ3) is 3.89. The molecule has 0 bridgehead atoms. The molecule has 1 rings (SSSR count). The molecule has 0 aliphatic carbocycles. The van der Waals surface area contributed by atoms with Crippen LogP contribution in [-0.2, 0) is 0 Å². The highest BCUT2D eigenvalue weighted by Crippen LogP contribution is 2.13. The first-order valence-electron chi connectivity index (χ1n) is 5.65. The topological polar surface area (TPSA) is 26.3 Å². The van der Waals surface area contributed by atoms with Crippen LogP contribution in [0, 0.1) is 0 Å². The van der Waals surface area contributed by atoms with Gasteiger partial charge in [-0.15, -0.1) is 6.58 Å². The fraction of sp³-hybridized carbons (Fsp3) is 0.357. The highest BCUT2D eigenvalue weighted by Gasteiger charge is 2.02. The van der Waals surface area contributed by atoms with Gasteiger partial charge in [0.15, 0.2) is 5.78 Å². The Morgan fingerprint density at radius 2 is 2.06 bits per heavy atom. The van der Waals surface area contributed by atoms with E-state index in [1.165, 1.54) is 0 Å². The molecule has 0 N–H and O–H groups in total. The smallest absolute Gasteiger partial charge is 0.162 e. The number of unbranched alkanes of at least 4 members (excludes halogenated alkanes) is 1. The van der Waals surface area contributed by atoms with Gasteiger partial charge >= 0.3 is 0 Å². The van der Waals surface area contributed by atoms with Gasteiger partial charge in [-0.25, -0.2) is 0 Å². The van der Waals surface area contributed by atoms with E-state index in [4.69, 9.17) is 4.74 Å². The summed E-state index contributed by atoms with van der Waals surface area (Å²) in [6.45, 7) is 6.20. The SMILES string of the molecule is C=CCCCOc1ccc(C(=O)CC)cc1. The van der Waals surface area contributed by atoms with Gasteiger partial charge in [0, 0.05) is 12.0 Å². The quantitative estimate of drug-likeness (QED) is 0.397. The molecule has 2 heteroatoms. The van der Waals surface area contributed by atoms with Crippen molar-refractivity contribution in [3.8, 4) is 5.75 Å². The average molecular weight is 218 g/mol. The highest BCUT2D eigenvalue weighted by atomic mass is 16.5. The number of carbonyl (C=O) groups excluding carboxylic acids is 1. The van der Waals surface area contributed by atoms with E-state index in [9.17, 15) is 4.79 Å². The largest absolute Gasteiger partial charge is 0.494 e. The molecular weight excluding hydrogens is 200 g/mol. The van der Waals surface area contributed by atoms with Crippen molar-refractivity contribution < 1.29 is 9.53 Å². The molecule has 0 aromatic heterocycles. The summed E-state index contributed by atoms with van der Waals surface area (Å²) >= 11 is 0. The molecule has 0 amide bonds. The lowest BCUT2D eigenvalue weighted by atomic mass is 10.1. The van der Waals surface area contributed by atoms with Gasteiger partial charge in [0.25, 0.3) is 0 Å². The van der Waals surface area contributed by atoms with Crippen molar-refractivity contribution in [2.45, 2.75) is 26.2 Å². The number of Topliss-reactive ketones (excluding diaryl/α,β-unsaturated/α-hetero) is 1. The van der Waals surface area contributed by atoms with Crippen molar-refractivity contribution in [2.24, 2.45) is 0 Å². The Morgan fingerprint density at radius 1 is 1.38 bits per heavy atom. The van der Waals surface area contributed by atoms with Crippen LogP contribution in [0.2, 0.25) is 0 Å². The normalized spacial score (nSPS) is 9.81. The molecule has 0 atom stereocenters. The lowest BCUT2D eigenvalue weighted by Crippen LogP contribution is -1.98. The molecule has 86 valence electrons. The van der Waals surface area contributed by atoms with E-state index >= 15 is 0 Å². The number of ketones is 1. The minimum absolute atomic E-state index is 0.165. The summed E-state index contributed by atoms with van der Waals surface area (Å²) in [5.41, 5.74) is 0.751. The lowest BCUT2D eigenvalue weighted by Gasteiger charge is -2.05. The Kier molecular flexibility index (Phi) is 5.34. The van der Waals surface area contributed by atoms with Crippen molar-refractivity contribution in [3.63, 3.8) is 0 Å². The third-order valence-electron chi connectivity index (χ3n) is 2.32. The van der Waals surface area contributed by atoms with Crippen LogP contribution in [0.3, 0.4) is 0 Å². The van der Waals surface area contributed by atoms with E-state index in [0.29, 0.717) is 13.0 Å². The van der Waals surface area contributed by atoms with E-state index < -0.39 is 0 Å². The third-order valence-corrected chi connectivity index (χ3v) is 2.32. The highest BCUT2D eigenvalue weighted by molar-refractivity contribution is 5.95. The Morgan fingerprint density at radius 3 is 2.62 bits per heavy atom. The Hall–Kier alpha value is -1.57. The number of hydrogen-bond acceptors (Lipinski definition) is 2. The molecule has 0 aliphatic heterocycles. The number of benzene rings is 1. The van der Waals surface area contributed by atoms with Gasteiger partial charge in [-0.2, -0.15) is 0 Å². The van der Waals surface area contributed by atoms with E-state index in [2.05, 4.69) is 6.58 Å². The number of allylic oxidation sites excluding steroid dienone is 1. The van der Waals surface area contributed by atoms with Crippen LogP contribution in [0.4, 0.5) is 0 Å². The van der Waals surface area contributed by atoms with Gasteiger partial charge < -0.3 is 4.74 Å². The first kappa shape index (κ1) is 12.5. The van der Waals surface area contributed by atoms with Gasteiger partial charge in [0.1, 0.15) is 5.75 Å². The van der Waals surface area contributed by atoms with E-state index in [1.807, 2.05) is 37.3 Å². The van der Waals surface area contributed by atoms with Crippen LogP contribution in [0.25, 0.3) is 0 Å². The van der Waals surface area contributed by atoms with Crippen LogP contribution >= 0.6 is 0 Å². The molecule has 0 saturated heterocycles. The zero-order chi connectivity index (χ0) is 11.8. The minimum atomic E-state index is 0.165. The molecule has 0 spiro atoms. The standard InChI is InChI=1S/C14H18O2/c1-3-5-6-11-16-13-9-7-12(8-10-13)14(15)4-2/h3,7-10H,1,4-6,11H2,2H3. The molecule has 16 heavy (non-hydrogen) atoms. The predicted octanol–water partition coefficient (Wildman–Crippen LogP) is 3.62. The molecule has 0 unspecified atom stereocenters. The number of rotatable bonds is 7. The predicted molar refractivity (Wildman–Crippen MR) is 66.0 cm³/mol. The van der Waals surface area contributed by atoms with Crippen molar-refractivity contribution in [1.82, 2.24) is 0 Å². The number of ether oxygens (including phenoxy) is 1. The summed E-state index contributed by atoms with van der Waals surface area (Å²) in [6.07, 6.45) is 4.36. The zero-order valence-corrected chi connectivity index (χ0v) is 9.74. The maximum Gasteiger partial charge on any atom is 0.162 e. The first-order chi connectivity index (χ1) is 7.77. The minimum Gasteiger partial charge on any atom is -0.494 e. The Labute approximate surface area is 96.9 Å². The zero-order valence-electron chi connectivity index (χ0n) is 9.74. The van der Waals surface area contributed by atoms with Crippen molar-refractivity contribution in [3.05, 3.63) is 42.5 Å². The molecule has 1 aromatic rings. The fourth-order valence-corrected chi connectivity index (χ4v) is 1.36. The van der Waals surface area contributed by atoms with Crippen molar-refractivity contribution in [2.75, 3.05) is 6.61 Å². The van der Waals surface area contributed by atoms with Crippen LogP contribution in [0.15, 0.2) is 36.9 Å². The summed E-state index contributed by atoms with van der Waals surface area (Å²) in [5.74, 6) is 0.981.